The number of benzene rings is 2. The number of nitro benzene ring substituents is 1. The second-order valence-corrected chi connectivity index (χ2v) is 6.69. The van der Waals surface area contributed by atoms with E-state index in [1.54, 1.807) is 30.3 Å². The highest BCUT2D eigenvalue weighted by Crippen LogP contribution is 2.32. The van der Waals surface area contributed by atoms with E-state index in [0.29, 0.717) is 28.6 Å². The lowest BCUT2D eigenvalue weighted by molar-refractivity contribution is -0.384. The van der Waals surface area contributed by atoms with Crippen molar-refractivity contribution < 1.29 is 23.6 Å². The van der Waals surface area contributed by atoms with Gasteiger partial charge in [-0.1, -0.05) is 17.7 Å². The minimum Gasteiger partial charge on any atom is -0.493 e. The smallest absolute Gasteiger partial charge is 0.270 e. The molecule has 2 aromatic carbocycles. The van der Waals surface area contributed by atoms with E-state index in [1.165, 1.54) is 38.6 Å². The summed E-state index contributed by atoms with van der Waals surface area (Å²) in [6.07, 6.45) is 1.44. The molecule has 0 saturated carbocycles. The number of hydrogen-bond acceptors (Lipinski definition) is 7. The van der Waals surface area contributed by atoms with E-state index < -0.39 is 4.92 Å². The summed E-state index contributed by atoms with van der Waals surface area (Å²) in [5.41, 5.74) is 3.55. The standard InChI is InChI=1S/C21H18ClN3O6/c1-29-19-7-3-13(9-20(19)30-2)10-21(26)24-23-12-15-5-8-18(31-15)16-6-4-14(25(27)28)11-17(16)22/h3-9,11-12H,10H2,1-2H3,(H,24,26)/b23-12-. The van der Waals surface area contributed by atoms with E-state index in [1.807, 2.05) is 0 Å². The first-order chi connectivity index (χ1) is 14.9. The van der Waals surface area contributed by atoms with Crippen molar-refractivity contribution in [2.75, 3.05) is 14.2 Å². The normalized spacial score (nSPS) is 10.8. The number of amides is 1. The first kappa shape index (κ1) is 21.8. The molecule has 0 bridgehead atoms. The Morgan fingerprint density at radius 2 is 1.94 bits per heavy atom. The molecule has 0 aliphatic rings. The number of nitrogens with zero attached hydrogens (tertiary/aromatic N) is 2. The van der Waals surface area contributed by atoms with Crippen LogP contribution >= 0.6 is 11.6 Å². The van der Waals surface area contributed by atoms with Gasteiger partial charge in [0.2, 0.25) is 5.91 Å². The van der Waals surface area contributed by atoms with Crippen molar-refractivity contribution in [3.63, 3.8) is 0 Å². The number of hydrogen-bond donors (Lipinski definition) is 1. The number of halogens is 1. The van der Waals surface area contributed by atoms with Gasteiger partial charge in [-0.05, 0) is 35.9 Å². The monoisotopic (exact) mass is 443 g/mol. The molecule has 1 amide bonds. The molecule has 0 saturated heterocycles. The quantitative estimate of drug-likeness (QED) is 0.316. The summed E-state index contributed by atoms with van der Waals surface area (Å²) in [6, 6.07) is 12.6. The van der Waals surface area contributed by atoms with Crippen LogP contribution in [0.3, 0.4) is 0 Å². The Hall–Kier alpha value is -3.85. The molecule has 31 heavy (non-hydrogen) atoms. The Balaban J connectivity index is 1.61. The topological polar surface area (TPSA) is 116 Å². The molecule has 0 unspecified atom stereocenters. The van der Waals surface area contributed by atoms with Crippen molar-refractivity contribution in [3.05, 3.63) is 75.0 Å². The van der Waals surface area contributed by atoms with Crippen molar-refractivity contribution >= 4 is 29.4 Å². The van der Waals surface area contributed by atoms with E-state index in [0.717, 1.165) is 5.56 Å². The Bertz CT molecular complexity index is 1140. The van der Waals surface area contributed by atoms with Crippen LogP contribution in [0.4, 0.5) is 5.69 Å². The van der Waals surface area contributed by atoms with Crippen LogP contribution < -0.4 is 14.9 Å². The number of nitrogens with one attached hydrogen (secondary N) is 1. The molecule has 1 aromatic heterocycles. The Morgan fingerprint density at radius 1 is 1.16 bits per heavy atom. The van der Waals surface area contributed by atoms with Gasteiger partial charge < -0.3 is 13.9 Å². The molecular weight excluding hydrogens is 426 g/mol. The zero-order valence-corrected chi connectivity index (χ0v) is 17.4. The van der Waals surface area contributed by atoms with Crippen LogP contribution in [0.5, 0.6) is 11.5 Å². The molecule has 10 heteroatoms. The molecular formula is C21H18ClN3O6. The molecule has 1 N–H and O–H groups in total. The van der Waals surface area contributed by atoms with Gasteiger partial charge in [-0.25, -0.2) is 5.43 Å². The fourth-order valence-electron chi connectivity index (χ4n) is 2.77. The molecule has 0 spiro atoms. The zero-order valence-electron chi connectivity index (χ0n) is 16.6. The summed E-state index contributed by atoms with van der Waals surface area (Å²) in [5.74, 6) is 1.57. The van der Waals surface area contributed by atoms with Gasteiger partial charge in [-0.15, -0.1) is 0 Å². The molecule has 160 valence electrons. The number of methoxy groups -OCH3 is 2. The van der Waals surface area contributed by atoms with Crippen molar-refractivity contribution in [2.45, 2.75) is 6.42 Å². The maximum atomic E-state index is 12.1. The SMILES string of the molecule is COc1ccc(CC(=O)N/N=C\c2ccc(-c3ccc([N+](=O)[O-])cc3Cl)o2)cc1OC. The van der Waals surface area contributed by atoms with Crippen LogP contribution in [0.2, 0.25) is 5.02 Å². The lowest BCUT2D eigenvalue weighted by atomic mass is 10.1. The van der Waals surface area contributed by atoms with Gasteiger partial charge in [0.05, 0.1) is 36.8 Å². The summed E-state index contributed by atoms with van der Waals surface area (Å²) in [6.45, 7) is 0. The minimum absolute atomic E-state index is 0.0967. The fraction of sp³-hybridized carbons (Fsp3) is 0.143. The predicted molar refractivity (Wildman–Crippen MR) is 115 cm³/mol. The maximum Gasteiger partial charge on any atom is 0.270 e. The third-order valence-electron chi connectivity index (χ3n) is 4.25. The van der Waals surface area contributed by atoms with Gasteiger partial charge in [0.1, 0.15) is 11.5 Å². The van der Waals surface area contributed by atoms with Gasteiger partial charge in [-0.2, -0.15) is 5.10 Å². The van der Waals surface area contributed by atoms with Gasteiger partial charge in [-0.3, -0.25) is 14.9 Å². The average molecular weight is 444 g/mol. The second kappa shape index (κ2) is 9.77. The van der Waals surface area contributed by atoms with E-state index in [4.69, 9.17) is 25.5 Å². The predicted octanol–water partition coefficient (Wildman–Crippen LogP) is 4.22. The van der Waals surface area contributed by atoms with Crippen LogP contribution in [0.15, 0.2) is 58.0 Å². The minimum atomic E-state index is -0.527. The van der Waals surface area contributed by atoms with Gasteiger partial charge in [0.25, 0.3) is 5.69 Å². The molecule has 0 radical (unpaired) electrons. The largest absolute Gasteiger partial charge is 0.493 e. The number of nitro groups is 1. The van der Waals surface area contributed by atoms with E-state index >= 15 is 0 Å². The summed E-state index contributed by atoms with van der Waals surface area (Å²) in [7, 11) is 3.06. The van der Waals surface area contributed by atoms with E-state index in [9.17, 15) is 14.9 Å². The Kier molecular flexibility index (Phi) is 6.88. The van der Waals surface area contributed by atoms with Gasteiger partial charge >= 0.3 is 0 Å². The molecule has 0 aliphatic heterocycles. The summed E-state index contributed by atoms with van der Waals surface area (Å²) >= 11 is 6.11. The number of furan rings is 1. The van der Waals surface area contributed by atoms with Gasteiger partial charge in [0.15, 0.2) is 11.5 Å². The molecule has 1 heterocycles. The van der Waals surface area contributed by atoms with Crippen LogP contribution in [0, 0.1) is 10.1 Å². The van der Waals surface area contributed by atoms with Gasteiger partial charge in [0, 0.05) is 17.7 Å². The maximum absolute atomic E-state index is 12.1. The highest BCUT2D eigenvalue weighted by molar-refractivity contribution is 6.33. The van der Waals surface area contributed by atoms with Crippen LogP contribution in [0.25, 0.3) is 11.3 Å². The molecule has 3 rings (SSSR count). The third kappa shape index (κ3) is 5.40. The van der Waals surface area contributed by atoms with Crippen molar-refractivity contribution in [1.29, 1.82) is 0 Å². The first-order valence-electron chi connectivity index (χ1n) is 8.98. The average Bonchev–Trinajstić information content (AvgIpc) is 3.22. The summed E-state index contributed by atoms with van der Waals surface area (Å²) in [4.78, 5) is 22.4. The van der Waals surface area contributed by atoms with Crippen LogP contribution in [-0.4, -0.2) is 31.3 Å². The van der Waals surface area contributed by atoms with Crippen LogP contribution in [0.1, 0.15) is 11.3 Å². The number of hydrazone groups is 1. The Labute approximate surface area is 182 Å². The second-order valence-electron chi connectivity index (χ2n) is 6.28. The Morgan fingerprint density at radius 3 is 2.61 bits per heavy atom. The van der Waals surface area contributed by atoms with E-state index in [2.05, 4.69) is 10.5 Å². The third-order valence-corrected chi connectivity index (χ3v) is 4.56. The lowest BCUT2D eigenvalue weighted by Crippen LogP contribution is -2.19. The van der Waals surface area contributed by atoms with Crippen LogP contribution in [-0.2, 0) is 11.2 Å². The number of carbonyl (C=O) groups excluding carboxylic acids is 1. The molecule has 0 atom stereocenters. The van der Waals surface area contributed by atoms with E-state index in [-0.39, 0.29) is 23.0 Å². The summed E-state index contributed by atoms with van der Waals surface area (Å²) < 4.78 is 16.0. The van der Waals surface area contributed by atoms with Crippen molar-refractivity contribution in [3.8, 4) is 22.8 Å². The number of ether oxygens (including phenoxy) is 2. The molecule has 9 nitrogen and oxygen atoms in total. The zero-order chi connectivity index (χ0) is 22.4. The lowest BCUT2D eigenvalue weighted by Gasteiger charge is -2.09. The molecule has 0 fully saturated rings. The highest BCUT2D eigenvalue weighted by atomic mass is 35.5. The number of non-ortho nitro benzene ring substituents is 1. The molecule has 0 aliphatic carbocycles. The fourth-order valence-corrected chi connectivity index (χ4v) is 3.04. The number of rotatable bonds is 8. The highest BCUT2D eigenvalue weighted by Gasteiger charge is 2.13. The van der Waals surface area contributed by atoms with Crippen molar-refractivity contribution in [1.82, 2.24) is 5.43 Å². The number of carbonyl (C=O) groups is 1. The first-order valence-corrected chi connectivity index (χ1v) is 9.36. The summed E-state index contributed by atoms with van der Waals surface area (Å²) in [5, 5.41) is 14.9. The molecule has 3 aromatic rings. The van der Waals surface area contributed by atoms with Crippen molar-refractivity contribution in [2.24, 2.45) is 5.10 Å².